The van der Waals surface area contributed by atoms with Crippen LogP contribution in [0, 0.1) is 0 Å². The number of sulfonamides is 1. The van der Waals surface area contributed by atoms with Crippen molar-refractivity contribution in [2.24, 2.45) is 0 Å². The van der Waals surface area contributed by atoms with Gasteiger partial charge in [0.15, 0.2) is 0 Å². The highest BCUT2D eigenvalue weighted by atomic mass is 32.2. The molecule has 2 aromatic carbocycles. The lowest BCUT2D eigenvalue weighted by molar-refractivity contribution is 0.0696. The SMILES string of the molecule is O=C(O)c1cccc(S(=O)(=O)Nc2ccc3oc4c(c3c2)CCCC4)c1. The molecular formula is C19H17NO5S. The highest BCUT2D eigenvalue weighted by molar-refractivity contribution is 7.92. The molecule has 3 aromatic rings. The van der Waals surface area contributed by atoms with Crippen molar-refractivity contribution in [3.8, 4) is 0 Å². The van der Waals surface area contributed by atoms with E-state index >= 15 is 0 Å². The van der Waals surface area contributed by atoms with Crippen molar-refractivity contribution in [1.82, 2.24) is 0 Å². The summed E-state index contributed by atoms with van der Waals surface area (Å²) in [6, 6.07) is 10.5. The number of nitrogens with one attached hydrogen (secondary N) is 1. The monoisotopic (exact) mass is 371 g/mol. The van der Waals surface area contributed by atoms with Crippen molar-refractivity contribution in [2.75, 3.05) is 4.72 Å². The van der Waals surface area contributed by atoms with Gasteiger partial charge < -0.3 is 9.52 Å². The van der Waals surface area contributed by atoms with E-state index in [4.69, 9.17) is 9.52 Å². The minimum atomic E-state index is -3.89. The molecule has 0 atom stereocenters. The van der Waals surface area contributed by atoms with Gasteiger partial charge in [-0.1, -0.05) is 6.07 Å². The van der Waals surface area contributed by atoms with Gasteiger partial charge in [0, 0.05) is 23.1 Å². The first-order chi connectivity index (χ1) is 12.4. The maximum absolute atomic E-state index is 12.6. The molecule has 0 saturated heterocycles. The van der Waals surface area contributed by atoms with Crippen LogP contribution in [0.4, 0.5) is 5.69 Å². The Bertz CT molecular complexity index is 1110. The molecule has 2 N–H and O–H groups in total. The number of hydrogen-bond acceptors (Lipinski definition) is 4. The van der Waals surface area contributed by atoms with Gasteiger partial charge in [-0.05, 0) is 55.7 Å². The number of benzene rings is 2. The van der Waals surface area contributed by atoms with Crippen LogP contribution >= 0.6 is 0 Å². The third-order valence-corrected chi connectivity index (χ3v) is 5.98. The second kappa shape index (κ2) is 6.17. The van der Waals surface area contributed by atoms with Crippen molar-refractivity contribution in [1.29, 1.82) is 0 Å². The first kappa shape index (κ1) is 16.7. The van der Waals surface area contributed by atoms with Gasteiger partial charge in [0.05, 0.1) is 10.5 Å². The van der Waals surface area contributed by atoms with Gasteiger partial charge in [-0.2, -0.15) is 0 Å². The molecule has 0 aliphatic heterocycles. The van der Waals surface area contributed by atoms with E-state index < -0.39 is 16.0 Å². The number of anilines is 1. The fourth-order valence-corrected chi connectivity index (χ4v) is 4.43. The minimum Gasteiger partial charge on any atom is -0.478 e. The van der Waals surface area contributed by atoms with E-state index in [0.717, 1.165) is 54.0 Å². The van der Waals surface area contributed by atoms with E-state index in [9.17, 15) is 13.2 Å². The molecule has 0 amide bonds. The van der Waals surface area contributed by atoms with Gasteiger partial charge in [-0.15, -0.1) is 0 Å². The molecule has 4 rings (SSSR count). The lowest BCUT2D eigenvalue weighted by Crippen LogP contribution is -2.13. The Kier molecular flexibility index (Phi) is 3.96. The molecule has 1 heterocycles. The van der Waals surface area contributed by atoms with Gasteiger partial charge in [-0.3, -0.25) is 4.72 Å². The molecule has 26 heavy (non-hydrogen) atoms. The number of furan rings is 1. The van der Waals surface area contributed by atoms with E-state index in [1.165, 1.54) is 18.2 Å². The smallest absolute Gasteiger partial charge is 0.335 e. The zero-order valence-corrected chi connectivity index (χ0v) is 14.7. The second-order valence-corrected chi connectivity index (χ2v) is 8.04. The van der Waals surface area contributed by atoms with E-state index in [1.54, 1.807) is 18.2 Å². The predicted octanol–water partition coefficient (Wildman–Crippen LogP) is 3.81. The normalized spacial score (nSPS) is 14.2. The van der Waals surface area contributed by atoms with Gasteiger partial charge >= 0.3 is 5.97 Å². The third-order valence-electron chi connectivity index (χ3n) is 4.60. The number of carboxylic acids is 1. The van der Waals surface area contributed by atoms with Crippen molar-refractivity contribution in [3.05, 3.63) is 59.4 Å². The zero-order chi connectivity index (χ0) is 18.3. The summed E-state index contributed by atoms with van der Waals surface area (Å²) in [6.45, 7) is 0. The summed E-state index contributed by atoms with van der Waals surface area (Å²) in [7, 11) is -3.89. The average Bonchev–Trinajstić information content (AvgIpc) is 2.99. The molecule has 0 unspecified atom stereocenters. The molecule has 0 bridgehead atoms. The first-order valence-corrected chi connectivity index (χ1v) is 9.83. The molecule has 0 saturated carbocycles. The minimum absolute atomic E-state index is 0.0766. The van der Waals surface area contributed by atoms with Gasteiger partial charge in [0.25, 0.3) is 10.0 Å². The molecule has 1 aromatic heterocycles. The number of aryl methyl sites for hydroxylation is 2. The summed E-state index contributed by atoms with van der Waals surface area (Å²) in [5, 5.41) is 9.98. The van der Waals surface area contributed by atoms with Crippen LogP contribution in [0.2, 0.25) is 0 Å². The van der Waals surface area contributed by atoms with Crippen LogP contribution in [0.25, 0.3) is 11.0 Å². The Balaban J connectivity index is 1.70. The summed E-state index contributed by atoms with van der Waals surface area (Å²) < 4.78 is 33.6. The fraction of sp³-hybridized carbons (Fsp3) is 0.211. The Labute approximate surface area is 150 Å². The van der Waals surface area contributed by atoms with Gasteiger partial charge in [0.2, 0.25) is 0 Å². The lowest BCUT2D eigenvalue weighted by Gasteiger charge is -2.10. The Hall–Kier alpha value is -2.80. The summed E-state index contributed by atoms with van der Waals surface area (Å²) >= 11 is 0. The number of carboxylic acid groups (broad SMARTS) is 1. The summed E-state index contributed by atoms with van der Waals surface area (Å²) in [4.78, 5) is 11.0. The standard InChI is InChI=1S/C19H17NO5S/c21-19(22)12-4-3-5-14(10-12)26(23,24)20-13-8-9-18-16(11-13)15-6-1-2-7-17(15)25-18/h3-5,8-11,20H,1-2,6-7H2,(H,21,22). The topological polar surface area (TPSA) is 96.6 Å². The summed E-state index contributed by atoms with van der Waals surface area (Å²) in [5.41, 5.74) is 2.26. The molecule has 0 radical (unpaired) electrons. The zero-order valence-electron chi connectivity index (χ0n) is 13.9. The average molecular weight is 371 g/mol. The van der Waals surface area contributed by atoms with Crippen LogP contribution < -0.4 is 4.72 Å². The molecule has 1 aliphatic carbocycles. The van der Waals surface area contributed by atoms with Crippen molar-refractivity contribution in [3.63, 3.8) is 0 Å². The van der Waals surface area contributed by atoms with Crippen LogP contribution in [0.3, 0.4) is 0 Å². The Morgan fingerprint density at radius 1 is 1.08 bits per heavy atom. The highest BCUT2D eigenvalue weighted by Gasteiger charge is 2.20. The molecule has 1 aliphatic rings. The number of aromatic carboxylic acids is 1. The lowest BCUT2D eigenvalue weighted by atomic mass is 9.96. The van der Waals surface area contributed by atoms with Crippen molar-refractivity contribution >= 4 is 32.6 Å². The van der Waals surface area contributed by atoms with Crippen LogP contribution in [0.5, 0.6) is 0 Å². The van der Waals surface area contributed by atoms with Crippen molar-refractivity contribution < 1.29 is 22.7 Å². The second-order valence-electron chi connectivity index (χ2n) is 6.36. The fourth-order valence-electron chi connectivity index (χ4n) is 3.34. The van der Waals surface area contributed by atoms with Gasteiger partial charge in [0.1, 0.15) is 11.3 Å². The molecule has 6 nitrogen and oxygen atoms in total. The Morgan fingerprint density at radius 3 is 2.69 bits per heavy atom. The summed E-state index contributed by atoms with van der Waals surface area (Å²) in [5.74, 6) is -0.186. The van der Waals surface area contributed by atoms with E-state index in [0.29, 0.717) is 5.69 Å². The number of rotatable bonds is 4. The first-order valence-electron chi connectivity index (χ1n) is 8.34. The van der Waals surface area contributed by atoms with Gasteiger partial charge in [-0.25, -0.2) is 13.2 Å². The molecular weight excluding hydrogens is 354 g/mol. The molecule has 0 spiro atoms. The summed E-state index contributed by atoms with van der Waals surface area (Å²) in [6.07, 6.45) is 4.04. The van der Waals surface area contributed by atoms with E-state index in [-0.39, 0.29) is 10.5 Å². The van der Waals surface area contributed by atoms with Crippen molar-refractivity contribution in [2.45, 2.75) is 30.6 Å². The van der Waals surface area contributed by atoms with Crippen LogP contribution in [0.15, 0.2) is 51.8 Å². The largest absolute Gasteiger partial charge is 0.478 e. The number of fused-ring (bicyclic) bond motifs is 3. The number of hydrogen-bond donors (Lipinski definition) is 2. The number of carbonyl (C=O) groups is 1. The Morgan fingerprint density at radius 2 is 1.88 bits per heavy atom. The highest BCUT2D eigenvalue weighted by Crippen LogP contribution is 2.33. The quantitative estimate of drug-likeness (QED) is 0.727. The maximum Gasteiger partial charge on any atom is 0.335 e. The maximum atomic E-state index is 12.6. The van der Waals surface area contributed by atoms with Crippen LogP contribution in [-0.4, -0.2) is 19.5 Å². The molecule has 7 heteroatoms. The molecule has 0 fully saturated rings. The predicted molar refractivity (Wildman–Crippen MR) is 97.1 cm³/mol. The van der Waals surface area contributed by atoms with E-state index in [1.807, 2.05) is 0 Å². The third kappa shape index (κ3) is 2.94. The molecule has 134 valence electrons. The van der Waals surface area contributed by atoms with Crippen LogP contribution in [0.1, 0.15) is 34.5 Å². The van der Waals surface area contributed by atoms with Crippen LogP contribution in [-0.2, 0) is 22.9 Å². The van der Waals surface area contributed by atoms with E-state index in [2.05, 4.69) is 4.72 Å².